The van der Waals surface area contributed by atoms with E-state index in [1.54, 1.807) is 0 Å². The lowest BCUT2D eigenvalue weighted by atomic mass is 9.78. The first-order valence-corrected chi connectivity index (χ1v) is 7.10. The minimum Gasteiger partial charge on any atom is -0.390 e. The Kier molecular flexibility index (Phi) is 2.53. The molecule has 2 aromatic rings. The summed E-state index contributed by atoms with van der Waals surface area (Å²) in [5, 5.41) is 10.8. The molecule has 0 amide bonds. The zero-order chi connectivity index (χ0) is 13.7. The van der Waals surface area contributed by atoms with E-state index in [0.717, 1.165) is 5.69 Å². The van der Waals surface area contributed by atoms with Crippen LogP contribution in [-0.4, -0.2) is 33.5 Å². The maximum absolute atomic E-state index is 10.8. The molecule has 3 heterocycles. The Morgan fingerprint density at radius 3 is 3.10 bits per heavy atom. The first kappa shape index (κ1) is 12.1. The summed E-state index contributed by atoms with van der Waals surface area (Å²) >= 11 is 0. The lowest BCUT2D eigenvalue weighted by Crippen LogP contribution is -2.46. The lowest BCUT2D eigenvalue weighted by molar-refractivity contribution is -0.112. The van der Waals surface area contributed by atoms with Crippen molar-refractivity contribution in [3.63, 3.8) is 0 Å². The van der Waals surface area contributed by atoms with Gasteiger partial charge in [0.15, 0.2) is 0 Å². The van der Waals surface area contributed by atoms with Gasteiger partial charge < -0.3 is 14.4 Å². The molecular weight excluding hydrogens is 252 g/mol. The summed E-state index contributed by atoms with van der Waals surface area (Å²) in [6.07, 6.45) is 4.45. The molecule has 1 saturated heterocycles. The Bertz CT molecular complexity index is 647. The molecule has 1 aromatic heterocycles. The third kappa shape index (κ3) is 1.58. The molecular formula is C16H18N2O2. The first-order chi connectivity index (χ1) is 9.68. The van der Waals surface area contributed by atoms with Crippen LogP contribution >= 0.6 is 0 Å². The van der Waals surface area contributed by atoms with Crippen molar-refractivity contribution in [2.24, 2.45) is 5.92 Å². The van der Waals surface area contributed by atoms with E-state index in [2.05, 4.69) is 27.8 Å². The minimum atomic E-state index is -0.706. The van der Waals surface area contributed by atoms with E-state index < -0.39 is 5.60 Å². The molecule has 104 valence electrons. The molecule has 4 rings (SSSR count). The van der Waals surface area contributed by atoms with Gasteiger partial charge >= 0.3 is 0 Å². The summed E-state index contributed by atoms with van der Waals surface area (Å²) in [5.74, 6) is 0.0489. The van der Waals surface area contributed by atoms with Crippen LogP contribution in [-0.2, 0) is 4.74 Å². The molecule has 0 unspecified atom stereocenters. The molecule has 4 heteroatoms. The average Bonchev–Trinajstić information content (AvgIpc) is 3.00. The third-order valence-electron chi connectivity index (χ3n) is 4.75. The maximum Gasteiger partial charge on any atom is 0.0956 e. The molecule has 1 fully saturated rings. The van der Waals surface area contributed by atoms with Crippen LogP contribution in [0.2, 0.25) is 0 Å². The van der Waals surface area contributed by atoms with Crippen LogP contribution in [0.25, 0.3) is 11.3 Å². The maximum atomic E-state index is 10.8. The molecule has 0 spiro atoms. The second kappa shape index (κ2) is 4.17. The van der Waals surface area contributed by atoms with Crippen LogP contribution in [0.15, 0.2) is 36.8 Å². The smallest absolute Gasteiger partial charge is 0.0956 e. The van der Waals surface area contributed by atoms with Gasteiger partial charge in [-0.2, -0.15) is 0 Å². The fourth-order valence-corrected chi connectivity index (χ4v) is 3.57. The highest BCUT2D eigenvalue weighted by Gasteiger charge is 2.45. The normalized spacial score (nSPS) is 31.9. The zero-order valence-electron chi connectivity index (χ0n) is 11.5. The number of imidazole rings is 1. The van der Waals surface area contributed by atoms with Gasteiger partial charge in [0.1, 0.15) is 0 Å². The summed E-state index contributed by atoms with van der Waals surface area (Å²) in [4.78, 5) is 4.28. The SMILES string of the molecule is C[C@]1(O)CCOC[C@H]1[C@H]1c2ccccc2-c2cncn21. The van der Waals surface area contributed by atoms with Crippen LogP contribution in [0, 0.1) is 5.92 Å². The number of fused-ring (bicyclic) bond motifs is 3. The molecule has 0 bridgehead atoms. The first-order valence-electron chi connectivity index (χ1n) is 7.10. The predicted molar refractivity (Wildman–Crippen MR) is 75.4 cm³/mol. The topological polar surface area (TPSA) is 47.3 Å². The van der Waals surface area contributed by atoms with Crippen molar-refractivity contribution in [2.45, 2.75) is 25.0 Å². The number of hydrogen-bond donors (Lipinski definition) is 1. The lowest BCUT2D eigenvalue weighted by Gasteiger charge is -2.41. The van der Waals surface area contributed by atoms with Crippen LogP contribution in [0.4, 0.5) is 0 Å². The number of aromatic nitrogens is 2. The van der Waals surface area contributed by atoms with Gasteiger partial charge in [0.2, 0.25) is 0 Å². The summed E-state index contributed by atoms with van der Waals surface area (Å²) in [6.45, 7) is 3.15. The molecule has 2 aliphatic heterocycles. The molecule has 20 heavy (non-hydrogen) atoms. The second-order valence-electron chi connectivity index (χ2n) is 6.01. The van der Waals surface area contributed by atoms with Gasteiger partial charge in [-0.15, -0.1) is 0 Å². The molecule has 0 radical (unpaired) electrons. The minimum absolute atomic E-state index is 0.0489. The summed E-state index contributed by atoms with van der Waals surface area (Å²) < 4.78 is 7.82. The van der Waals surface area contributed by atoms with Crippen molar-refractivity contribution in [2.75, 3.05) is 13.2 Å². The van der Waals surface area contributed by atoms with Crippen molar-refractivity contribution >= 4 is 0 Å². The Balaban J connectivity index is 1.86. The van der Waals surface area contributed by atoms with Gasteiger partial charge in [0.05, 0.1) is 36.5 Å². The van der Waals surface area contributed by atoms with E-state index in [1.165, 1.54) is 11.1 Å². The highest BCUT2D eigenvalue weighted by molar-refractivity contribution is 5.69. The summed E-state index contributed by atoms with van der Waals surface area (Å²) in [5.41, 5.74) is 2.91. The molecule has 1 aromatic carbocycles. The van der Waals surface area contributed by atoms with Crippen molar-refractivity contribution in [1.29, 1.82) is 0 Å². The number of ether oxygens (including phenoxy) is 1. The van der Waals surface area contributed by atoms with Crippen molar-refractivity contribution in [1.82, 2.24) is 9.55 Å². The number of nitrogens with zero attached hydrogens (tertiary/aromatic N) is 2. The van der Waals surface area contributed by atoms with Crippen molar-refractivity contribution < 1.29 is 9.84 Å². The average molecular weight is 270 g/mol. The Hall–Kier alpha value is -1.65. The number of hydrogen-bond acceptors (Lipinski definition) is 3. The predicted octanol–water partition coefficient (Wildman–Crippen LogP) is 2.24. The fraction of sp³-hybridized carbons (Fsp3) is 0.438. The van der Waals surface area contributed by atoms with Gasteiger partial charge in [0, 0.05) is 18.1 Å². The second-order valence-corrected chi connectivity index (χ2v) is 6.01. The van der Waals surface area contributed by atoms with Crippen molar-refractivity contribution in [3.05, 3.63) is 42.4 Å². The quantitative estimate of drug-likeness (QED) is 0.864. The molecule has 1 N–H and O–H groups in total. The van der Waals surface area contributed by atoms with Gasteiger partial charge in [-0.05, 0) is 18.9 Å². The number of rotatable bonds is 1. The molecule has 0 aliphatic carbocycles. The molecule has 3 atom stereocenters. The Morgan fingerprint density at radius 1 is 1.40 bits per heavy atom. The zero-order valence-corrected chi connectivity index (χ0v) is 11.5. The van der Waals surface area contributed by atoms with Crippen LogP contribution in [0.1, 0.15) is 24.9 Å². The number of aliphatic hydroxyl groups is 1. The van der Waals surface area contributed by atoms with E-state index in [-0.39, 0.29) is 12.0 Å². The largest absolute Gasteiger partial charge is 0.390 e. The van der Waals surface area contributed by atoms with Gasteiger partial charge in [-0.1, -0.05) is 24.3 Å². The summed E-state index contributed by atoms with van der Waals surface area (Å²) in [6, 6.07) is 8.50. The fourth-order valence-electron chi connectivity index (χ4n) is 3.57. The summed E-state index contributed by atoms with van der Waals surface area (Å²) in [7, 11) is 0. The van der Waals surface area contributed by atoms with E-state index in [0.29, 0.717) is 19.6 Å². The third-order valence-corrected chi connectivity index (χ3v) is 4.75. The highest BCUT2D eigenvalue weighted by Crippen LogP contribution is 2.47. The van der Waals surface area contributed by atoms with Crippen molar-refractivity contribution in [3.8, 4) is 11.3 Å². The van der Waals surface area contributed by atoms with Crippen LogP contribution in [0.3, 0.4) is 0 Å². The van der Waals surface area contributed by atoms with Gasteiger partial charge in [-0.25, -0.2) is 4.98 Å². The Morgan fingerprint density at radius 2 is 2.25 bits per heavy atom. The molecule has 2 aliphatic rings. The highest BCUT2D eigenvalue weighted by atomic mass is 16.5. The van der Waals surface area contributed by atoms with Crippen LogP contribution in [0.5, 0.6) is 0 Å². The molecule has 0 saturated carbocycles. The van der Waals surface area contributed by atoms with E-state index in [1.807, 2.05) is 25.5 Å². The van der Waals surface area contributed by atoms with E-state index >= 15 is 0 Å². The Labute approximate surface area is 118 Å². The van der Waals surface area contributed by atoms with Gasteiger partial charge in [-0.3, -0.25) is 0 Å². The van der Waals surface area contributed by atoms with Crippen LogP contribution < -0.4 is 0 Å². The standard InChI is InChI=1S/C16H18N2O2/c1-16(19)6-7-20-9-13(16)15-12-5-3-2-4-11(12)14-8-17-10-18(14)15/h2-5,8,10,13,15,19H,6-7,9H2,1H3/t13-,15+,16-/m0/s1. The van der Waals surface area contributed by atoms with Gasteiger partial charge in [0.25, 0.3) is 0 Å². The van der Waals surface area contributed by atoms with E-state index in [4.69, 9.17) is 4.74 Å². The molecule has 4 nitrogen and oxygen atoms in total. The number of benzene rings is 1. The monoisotopic (exact) mass is 270 g/mol. The van der Waals surface area contributed by atoms with E-state index in [9.17, 15) is 5.11 Å².